The van der Waals surface area contributed by atoms with Crippen LogP contribution in [0.5, 0.6) is 0 Å². The van der Waals surface area contributed by atoms with Gasteiger partial charge in [0, 0.05) is 18.1 Å². The van der Waals surface area contributed by atoms with Gasteiger partial charge in [-0.3, -0.25) is 0 Å². The van der Waals surface area contributed by atoms with Gasteiger partial charge in [-0.1, -0.05) is 0 Å². The lowest BCUT2D eigenvalue weighted by atomic mass is 10.2. The summed E-state index contributed by atoms with van der Waals surface area (Å²) in [6.07, 6.45) is 1.97. The van der Waals surface area contributed by atoms with Crippen molar-refractivity contribution >= 4 is 26.8 Å². The standard InChI is InChI=1S/C10H9BrFN/c1-2-13-4-3-7-5-8(11)9(12)6-10(7)13/h3-6H,2H2,1H3. The molecule has 1 aromatic heterocycles. The molecular weight excluding hydrogens is 233 g/mol. The van der Waals surface area contributed by atoms with E-state index >= 15 is 0 Å². The van der Waals surface area contributed by atoms with E-state index in [0.717, 1.165) is 17.4 Å². The SMILES string of the molecule is CCn1ccc2cc(Br)c(F)cc21. The molecule has 0 aliphatic rings. The molecule has 0 atom stereocenters. The summed E-state index contributed by atoms with van der Waals surface area (Å²) in [5, 5.41) is 1.06. The Morgan fingerprint density at radius 3 is 2.92 bits per heavy atom. The van der Waals surface area contributed by atoms with Gasteiger partial charge in [0.15, 0.2) is 0 Å². The van der Waals surface area contributed by atoms with Crippen LogP contribution in [0.2, 0.25) is 0 Å². The fourth-order valence-corrected chi connectivity index (χ4v) is 1.82. The fourth-order valence-electron chi connectivity index (χ4n) is 1.46. The molecule has 0 N–H and O–H groups in total. The van der Waals surface area contributed by atoms with Gasteiger partial charge in [-0.25, -0.2) is 4.39 Å². The molecule has 1 heterocycles. The van der Waals surface area contributed by atoms with Gasteiger partial charge in [0.25, 0.3) is 0 Å². The highest BCUT2D eigenvalue weighted by Gasteiger charge is 2.04. The lowest BCUT2D eigenvalue weighted by molar-refractivity contribution is 0.621. The molecule has 0 saturated heterocycles. The van der Waals surface area contributed by atoms with Crippen LogP contribution in [-0.4, -0.2) is 4.57 Å². The molecule has 0 aliphatic carbocycles. The first-order valence-corrected chi connectivity index (χ1v) is 4.95. The third kappa shape index (κ3) is 1.37. The number of halogens is 2. The van der Waals surface area contributed by atoms with Crippen LogP contribution in [0.4, 0.5) is 4.39 Å². The van der Waals surface area contributed by atoms with Gasteiger partial charge in [0.1, 0.15) is 5.82 Å². The molecule has 0 aliphatic heterocycles. The van der Waals surface area contributed by atoms with Crippen LogP contribution in [0.25, 0.3) is 10.9 Å². The predicted octanol–water partition coefficient (Wildman–Crippen LogP) is 3.56. The predicted molar refractivity (Wildman–Crippen MR) is 55.3 cm³/mol. The molecule has 1 nitrogen and oxygen atoms in total. The smallest absolute Gasteiger partial charge is 0.139 e. The third-order valence-corrected chi connectivity index (χ3v) is 2.76. The van der Waals surface area contributed by atoms with Crippen molar-refractivity contribution in [1.29, 1.82) is 0 Å². The van der Waals surface area contributed by atoms with Gasteiger partial charge in [-0.05, 0) is 41.1 Å². The summed E-state index contributed by atoms with van der Waals surface area (Å²) >= 11 is 3.16. The molecule has 3 heteroatoms. The number of hydrogen-bond acceptors (Lipinski definition) is 0. The number of hydrogen-bond donors (Lipinski definition) is 0. The summed E-state index contributed by atoms with van der Waals surface area (Å²) in [7, 11) is 0. The molecule has 1 aromatic carbocycles. The molecular formula is C10H9BrFN. The van der Waals surface area contributed by atoms with Gasteiger partial charge in [0.2, 0.25) is 0 Å². The lowest BCUT2D eigenvalue weighted by Gasteiger charge is -2.01. The molecule has 0 bridgehead atoms. The highest BCUT2D eigenvalue weighted by atomic mass is 79.9. The first kappa shape index (κ1) is 8.75. The van der Waals surface area contributed by atoms with Gasteiger partial charge < -0.3 is 4.57 Å². The zero-order valence-corrected chi connectivity index (χ0v) is 8.81. The highest BCUT2D eigenvalue weighted by Crippen LogP contribution is 2.23. The minimum atomic E-state index is -0.207. The van der Waals surface area contributed by atoms with E-state index in [9.17, 15) is 4.39 Å². The summed E-state index contributed by atoms with van der Waals surface area (Å²) in [6.45, 7) is 2.91. The van der Waals surface area contributed by atoms with Crippen LogP contribution in [0, 0.1) is 5.82 Å². The normalized spacial score (nSPS) is 11.0. The van der Waals surface area contributed by atoms with Crippen molar-refractivity contribution in [3.05, 3.63) is 34.7 Å². The van der Waals surface area contributed by atoms with Crippen molar-refractivity contribution in [3.8, 4) is 0 Å². The summed E-state index contributed by atoms with van der Waals surface area (Å²) in [6, 6.07) is 5.35. The van der Waals surface area contributed by atoms with Crippen molar-refractivity contribution in [2.24, 2.45) is 0 Å². The Morgan fingerprint density at radius 2 is 2.23 bits per heavy atom. The molecule has 0 fully saturated rings. The number of benzene rings is 1. The topological polar surface area (TPSA) is 4.93 Å². The van der Waals surface area contributed by atoms with E-state index in [0.29, 0.717) is 4.47 Å². The monoisotopic (exact) mass is 241 g/mol. The van der Waals surface area contributed by atoms with E-state index in [2.05, 4.69) is 15.9 Å². The summed E-state index contributed by atoms with van der Waals surface area (Å²) in [5.41, 5.74) is 0.947. The second-order valence-corrected chi connectivity index (χ2v) is 3.78. The first-order valence-electron chi connectivity index (χ1n) is 4.16. The largest absolute Gasteiger partial charge is 0.348 e. The maximum Gasteiger partial charge on any atom is 0.139 e. The molecule has 0 spiro atoms. The van der Waals surface area contributed by atoms with Crippen LogP contribution >= 0.6 is 15.9 Å². The molecule has 13 heavy (non-hydrogen) atoms. The van der Waals surface area contributed by atoms with E-state index in [1.54, 1.807) is 12.1 Å². The highest BCUT2D eigenvalue weighted by molar-refractivity contribution is 9.10. The molecule has 2 rings (SSSR count). The van der Waals surface area contributed by atoms with E-state index in [1.807, 2.05) is 23.8 Å². The maximum absolute atomic E-state index is 13.2. The van der Waals surface area contributed by atoms with E-state index in [4.69, 9.17) is 0 Å². The number of aryl methyl sites for hydroxylation is 1. The van der Waals surface area contributed by atoms with E-state index in [1.165, 1.54) is 0 Å². The second kappa shape index (κ2) is 3.14. The van der Waals surface area contributed by atoms with Crippen molar-refractivity contribution in [2.45, 2.75) is 13.5 Å². The minimum absolute atomic E-state index is 0.207. The summed E-state index contributed by atoms with van der Waals surface area (Å²) in [4.78, 5) is 0. The Kier molecular flexibility index (Phi) is 2.12. The Bertz CT molecular complexity index is 447. The van der Waals surface area contributed by atoms with Crippen LogP contribution in [-0.2, 0) is 6.54 Å². The Hall–Kier alpha value is -0.830. The molecule has 0 amide bonds. The zero-order chi connectivity index (χ0) is 9.42. The van der Waals surface area contributed by atoms with E-state index in [-0.39, 0.29) is 5.82 Å². The van der Waals surface area contributed by atoms with Gasteiger partial charge in [-0.15, -0.1) is 0 Å². The average molecular weight is 242 g/mol. The van der Waals surface area contributed by atoms with Gasteiger partial charge in [0.05, 0.1) is 9.99 Å². The maximum atomic E-state index is 13.2. The number of fused-ring (bicyclic) bond motifs is 1. The quantitative estimate of drug-likeness (QED) is 0.720. The van der Waals surface area contributed by atoms with Crippen LogP contribution in [0.15, 0.2) is 28.9 Å². The van der Waals surface area contributed by atoms with Crippen LogP contribution in [0.1, 0.15) is 6.92 Å². The molecule has 68 valence electrons. The number of rotatable bonds is 1. The first-order chi connectivity index (χ1) is 6.22. The average Bonchev–Trinajstić information content (AvgIpc) is 2.48. The molecule has 0 radical (unpaired) electrons. The lowest BCUT2D eigenvalue weighted by Crippen LogP contribution is -1.91. The molecule has 0 unspecified atom stereocenters. The summed E-state index contributed by atoms with van der Waals surface area (Å²) in [5.74, 6) is -0.207. The van der Waals surface area contributed by atoms with Crippen molar-refractivity contribution in [3.63, 3.8) is 0 Å². The fraction of sp³-hybridized carbons (Fsp3) is 0.200. The van der Waals surface area contributed by atoms with Crippen molar-refractivity contribution in [1.82, 2.24) is 4.57 Å². The number of nitrogens with zero attached hydrogens (tertiary/aromatic N) is 1. The van der Waals surface area contributed by atoms with Gasteiger partial charge in [-0.2, -0.15) is 0 Å². The van der Waals surface area contributed by atoms with Crippen molar-refractivity contribution in [2.75, 3.05) is 0 Å². The Morgan fingerprint density at radius 1 is 1.46 bits per heavy atom. The molecule has 2 aromatic rings. The number of aromatic nitrogens is 1. The second-order valence-electron chi connectivity index (χ2n) is 2.93. The van der Waals surface area contributed by atoms with Crippen molar-refractivity contribution < 1.29 is 4.39 Å². The van der Waals surface area contributed by atoms with Crippen LogP contribution < -0.4 is 0 Å². The van der Waals surface area contributed by atoms with Crippen LogP contribution in [0.3, 0.4) is 0 Å². The van der Waals surface area contributed by atoms with Gasteiger partial charge >= 0.3 is 0 Å². The summed E-state index contributed by atoms with van der Waals surface area (Å²) < 4.78 is 15.7. The van der Waals surface area contributed by atoms with E-state index < -0.39 is 0 Å². The minimum Gasteiger partial charge on any atom is -0.348 e. The molecule has 0 saturated carbocycles. The Labute approximate surface area is 84.3 Å². The Balaban J connectivity index is 2.77. The third-order valence-electron chi connectivity index (χ3n) is 2.15. The zero-order valence-electron chi connectivity index (χ0n) is 7.22.